The summed E-state index contributed by atoms with van der Waals surface area (Å²) in [4.78, 5) is 24.7. The van der Waals surface area contributed by atoms with Gasteiger partial charge in [-0.3, -0.25) is 4.79 Å². The van der Waals surface area contributed by atoms with Gasteiger partial charge in [0.2, 0.25) is 5.91 Å². The number of carbonyl (C=O) groups excluding carboxylic acids is 2. The number of aryl methyl sites for hydroxylation is 1. The fraction of sp³-hybridized carbons (Fsp3) is 0.571. The Labute approximate surface area is 123 Å². The minimum Gasteiger partial charge on any atom is -0.465 e. The van der Waals surface area contributed by atoms with Crippen LogP contribution in [0, 0.1) is 13.8 Å². The third kappa shape index (κ3) is 4.05. The molecule has 5 nitrogen and oxygen atoms in total. The van der Waals surface area contributed by atoms with Crippen molar-refractivity contribution in [2.24, 2.45) is 5.73 Å². The summed E-state index contributed by atoms with van der Waals surface area (Å²) >= 11 is 1.38. The Hall–Kier alpha value is -1.40. The van der Waals surface area contributed by atoms with Crippen molar-refractivity contribution in [3.05, 3.63) is 16.0 Å². The smallest absolute Gasteiger partial charge is 0.341 e. The van der Waals surface area contributed by atoms with E-state index in [4.69, 9.17) is 10.5 Å². The molecule has 1 atom stereocenters. The van der Waals surface area contributed by atoms with Gasteiger partial charge in [-0.2, -0.15) is 0 Å². The van der Waals surface area contributed by atoms with E-state index in [9.17, 15) is 9.59 Å². The first-order valence-electron chi connectivity index (χ1n) is 6.64. The molecular formula is C14H22N2O3S. The van der Waals surface area contributed by atoms with Gasteiger partial charge in [-0.15, -0.1) is 11.3 Å². The first-order valence-corrected chi connectivity index (χ1v) is 7.46. The molecule has 0 spiro atoms. The Morgan fingerprint density at radius 3 is 2.60 bits per heavy atom. The maximum absolute atomic E-state index is 11.9. The molecule has 0 aromatic carbocycles. The van der Waals surface area contributed by atoms with Gasteiger partial charge in [-0.25, -0.2) is 4.79 Å². The van der Waals surface area contributed by atoms with Crippen molar-refractivity contribution in [3.63, 3.8) is 0 Å². The molecule has 0 saturated carbocycles. The van der Waals surface area contributed by atoms with Crippen LogP contribution >= 0.6 is 11.3 Å². The molecule has 1 aromatic rings. The maximum Gasteiger partial charge on any atom is 0.341 e. The lowest BCUT2D eigenvalue weighted by Gasteiger charge is -2.10. The lowest BCUT2D eigenvalue weighted by Crippen LogP contribution is -2.27. The average Bonchev–Trinajstić information content (AvgIpc) is 2.64. The van der Waals surface area contributed by atoms with E-state index in [1.54, 1.807) is 0 Å². The van der Waals surface area contributed by atoms with Crippen molar-refractivity contribution < 1.29 is 14.3 Å². The van der Waals surface area contributed by atoms with Crippen molar-refractivity contribution in [3.8, 4) is 0 Å². The zero-order valence-corrected chi connectivity index (χ0v) is 13.2. The molecule has 0 fully saturated rings. The number of hydrogen-bond donors (Lipinski definition) is 2. The van der Waals surface area contributed by atoms with Crippen LogP contribution in [0.3, 0.4) is 0 Å². The zero-order valence-electron chi connectivity index (χ0n) is 12.4. The van der Waals surface area contributed by atoms with Crippen LogP contribution in [0.1, 0.15) is 47.0 Å². The molecule has 0 saturated heterocycles. The fourth-order valence-electron chi connectivity index (χ4n) is 1.95. The van der Waals surface area contributed by atoms with Gasteiger partial charge in [0, 0.05) is 17.3 Å². The molecule has 6 heteroatoms. The van der Waals surface area contributed by atoms with Crippen molar-refractivity contribution in [2.75, 3.05) is 12.4 Å². The topological polar surface area (TPSA) is 81.4 Å². The molecule has 0 aliphatic carbocycles. The molecule has 112 valence electrons. The summed E-state index contributed by atoms with van der Waals surface area (Å²) in [5.41, 5.74) is 7.13. The second-order valence-electron chi connectivity index (χ2n) is 4.78. The number of hydrogen-bond acceptors (Lipinski definition) is 5. The van der Waals surface area contributed by atoms with Crippen molar-refractivity contribution in [2.45, 2.75) is 46.1 Å². The number of nitrogens with one attached hydrogen (secondary N) is 1. The quantitative estimate of drug-likeness (QED) is 0.791. The molecule has 20 heavy (non-hydrogen) atoms. The molecule has 1 heterocycles. The van der Waals surface area contributed by atoms with Gasteiger partial charge in [0.1, 0.15) is 5.00 Å². The highest BCUT2D eigenvalue weighted by Crippen LogP contribution is 2.33. The third-order valence-corrected chi connectivity index (χ3v) is 4.26. The largest absolute Gasteiger partial charge is 0.465 e. The standard InChI is InChI=1S/C14H22N2O3S/c1-5-6-10(15)7-11(17)16-13-12(14(18)19-4)8(2)9(3)20-13/h10H,5-7,15H2,1-4H3,(H,16,17). The second kappa shape index (κ2) is 7.40. The Bertz CT molecular complexity index is 497. The first kappa shape index (κ1) is 16.7. The van der Waals surface area contributed by atoms with Crippen LogP contribution in [-0.2, 0) is 9.53 Å². The molecular weight excluding hydrogens is 276 g/mol. The lowest BCUT2D eigenvalue weighted by molar-refractivity contribution is -0.116. The lowest BCUT2D eigenvalue weighted by atomic mass is 10.1. The van der Waals surface area contributed by atoms with Gasteiger partial charge in [0.15, 0.2) is 0 Å². The van der Waals surface area contributed by atoms with Gasteiger partial charge < -0.3 is 15.8 Å². The van der Waals surface area contributed by atoms with E-state index >= 15 is 0 Å². The van der Waals surface area contributed by atoms with Crippen LogP contribution in [0.15, 0.2) is 0 Å². The number of thiophene rings is 1. The van der Waals surface area contributed by atoms with E-state index in [2.05, 4.69) is 5.32 Å². The number of ether oxygens (including phenoxy) is 1. The summed E-state index contributed by atoms with van der Waals surface area (Å²) in [6, 6.07) is -0.149. The Morgan fingerprint density at radius 1 is 1.40 bits per heavy atom. The molecule has 0 radical (unpaired) electrons. The minimum absolute atomic E-state index is 0.149. The molecule has 0 aliphatic heterocycles. The molecule has 1 unspecified atom stereocenters. The molecule has 1 aromatic heterocycles. The number of nitrogens with two attached hydrogens (primary N) is 1. The summed E-state index contributed by atoms with van der Waals surface area (Å²) in [5.74, 6) is -0.600. The highest BCUT2D eigenvalue weighted by molar-refractivity contribution is 7.16. The number of amides is 1. The van der Waals surface area contributed by atoms with Gasteiger partial charge in [-0.1, -0.05) is 13.3 Å². The van der Waals surface area contributed by atoms with Gasteiger partial charge in [-0.05, 0) is 25.8 Å². The van der Waals surface area contributed by atoms with E-state index in [0.29, 0.717) is 10.6 Å². The molecule has 1 rings (SSSR count). The normalized spacial score (nSPS) is 12.1. The summed E-state index contributed by atoms with van der Waals surface area (Å²) in [5, 5.41) is 3.32. The average molecular weight is 298 g/mol. The predicted molar refractivity (Wildman–Crippen MR) is 81.3 cm³/mol. The fourth-order valence-corrected chi connectivity index (χ4v) is 3.02. The van der Waals surface area contributed by atoms with E-state index in [1.165, 1.54) is 18.4 Å². The third-order valence-electron chi connectivity index (χ3n) is 3.13. The summed E-state index contributed by atoms with van der Waals surface area (Å²) in [7, 11) is 1.33. The van der Waals surface area contributed by atoms with Crippen LogP contribution in [0.25, 0.3) is 0 Å². The Morgan fingerprint density at radius 2 is 2.05 bits per heavy atom. The van der Waals surface area contributed by atoms with Crippen molar-refractivity contribution in [1.82, 2.24) is 0 Å². The van der Waals surface area contributed by atoms with Gasteiger partial charge >= 0.3 is 5.97 Å². The number of methoxy groups -OCH3 is 1. The number of carbonyl (C=O) groups is 2. The molecule has 0 aliphatic rings. The number of rotatable bonds is 6. The van der Waals surface area contributed by atoms with Crippen LogP contribution < -0.4 is 11.1 Å². The molecule has 3 N–H and O–H groups in total. The van der Waals surface area contributed by atoms with Gasteiger partial charge in [0.25, 0.3) is 0 Å². The Kier molecular flexibility index (Phi) is 6.16. The van der Waals surface area contributed by atoms with Crippen molar-refractivity contribution >= 4 is 28.2 Å². The van der Waals surface area contributed by atoms with Gasteiger partial charge in [0.05, 0.1) is 12.7 Å². The predicted octanol–water partition coefficient (Wildman–Crippen LogP) is 2.61. The van der Waals surface area contributed by atoms with E-state index in [1.807, 2.05) is 20.8 Å². The SMILES string of the molecule is CCCC(N)CC(=O)Nc1sc(C)c(C)c1C(=O)OC. The van der Waals surface area contributed by atoms with Crippen LogP contribution in [-0.4, -0.2) is 25.0 Å². The molecule has 1 amide bonds. The summed E-state index contributed by atoms with van der Waals surface area (Å²) < 4.78 is 4.76. The van der Waals surface area contributed by atoms with Crippen molar-refractivity contribution in [1.29, 1.82) is 0 Å². The monoisotopic (exact) mass is 298 g/mol. The first-order chi connectivity index (χ1) is 9.40. The zero-order chi connectivity index (χ0) is 15.3. The molecule has 0 bridgehead atoms. The van der Waals surface area contributed by atoms with Crippen LogP contribution in [0.5, 0.6) is 0 Å². The van der Waals surface area contributed by atoms with Crippen LogP contribution in [0.4, 0.5) is 5.00 Å². The second-order valence-corrected chi connectivity index (χ2v) is 6.00. The number of anilines is 1. The maximum atomic E-state index is 11.9. The minimum atomic E-state index is -0.431. The van der Waals surface area contributed by atoms with E-state index in [0.717, 1.165) is 23.3 Å². The Balaban J connectivity index is 2.84. The van der Waals surface area contributed by atoms with Crippen LogP contribution in [0.2, 0.25) is 0 Å². The van der Waals surface area contributed by atoms with E-state index in [-0.39, 0.29) is 18.4 Å². The summed E-state index contributed by atoms with van der Waals surface area (Å²) in [6.45, 7) is 5.78. The number of esters is 1. The summed E-state index contributed by atoms with van der Waals surface area (Å²) in [6.07, 6.45) is 2.00. The van der Waals surface area contributed by atoms with E-state index < -0.39 is 5.97 Å². The highest BCUT2D eigenvalue weighted by atomic mass is 32.1. The highest BCUT2D eigenvalue weighted by Gasteiger charge is 2.21.